The van der Waals surface area contributed by atoms with Crippen molar-refractivity contribution < 1.29 is 4.52 Å². The van der Waals surface area contributed by atoms with Gasteiger partial charge >= 0.3 is 0 Å². The van der Waals surface area contributed by atoms with Gasteiger partial charge in [-0.1, -0.05) is 16.9 Å². The molecule has 7 nitrogen and oxygen atoms in total. The summed E-state index contributed by atoms with van der Waals surface area (Å²) in [5.41, 5.74) is 2.23. The van der Waals surface area contributed by atoms with Crippen LogP contribution in [0.25, 0.3) is 0 Å². The first-order chi connectivity index (χ1) is 11.1. The molecule has 0 bridgehead atoms. The monoisotopic (exact) mass is 334 g/mol. The smallest absolute Gasteiger partial charge is 0.223 e. The normalized spacial score (nSPS) is 16.1. The van der Waals surface area contributed by atoms with E-state index >= 15 is 0 Å². The number of rotatable bonds is 4. The zero-order chi connectivity index (χ0) is 16.4. The topological polar surface area (TPSA) is 71.2 Å². The van der Waals surface area contributed by atoms with Gasteiger partial charge in [0.1, 0.15) is 5.82 Å². The summed E-state index contributed by atoms with van der Waals surface area (Å²) in [6, 6.07) is 0. The molecule has 0 spiro atoms. The Morgan fingerprint density at radius 1 is 1.04 bits per heavy atom. The molecule has 1 fully saturated rings. The molecule has 1 saturated heterocycles. The average molecular weight is 334 g/mol. The fourth-order valence-corrected chi connectivity index (χ4v) is 3.12. The molecule has 0 saturated carbocycles. The summed E-state index contributed by atoms with van der Waals surface area (Å²) in [5.74, 6) is 2.45. The summed E-state index contributed by atoms with van der Waals surface area (Å²) in [6.45, 7) is 10.5. The molecule has 3 rings (SSSR count). The summed E-state index contributed by atoms with van der Waals surface area (Å²) < 4.78 is 5.03. The average Bonchev–Trinajstić information content (AvgIpc) is 2.96. The van der Waals surface area contributed by atoms with Crippen LogP contribution >= 0.6 is 11.8 Å². The number of nitrogens with zero attached hydrogens (tertiary/aromatic N) is 6. The van der Waals surface area contributed by atoms with Crippen LogP contribution in [0.15, 0.2) is 9.68 Å². The highest BCUT2D eigenvalue weighted by Gasteiger charge is 2.22. The zero-order valence-electron chi connectivity index (χ0n) is 14.0. The van der Waals surface area contributed by atoms with Crippen LogP contribution in [0.3, 0.4) is 0 Å². The summed E-state index contributed by atoms with van der Waals surface area (Å²) in [6.07, 6.45) is 2.01. The first-order valence-corrected chi connectivity index (χ1v) is 8.95. The summed E-state index contributed by atoms with van der Waals surface area (Å²) in [7, 11) is 0. The van der Waals surface area contributed by atoms with Gasteiger partial charge in [-0.2, -0.15) is 4.98 Å². The van der Waals surface area contributed by atoms with Crippen molar-refractivity contribution in [2.75, 3.05) is 37.3 Å². The molecule has 2 aromatic heterocycles. The molecule has 23 heavy (non-hydrogen) atoms. The third-order valence-electron chi connectivity index (χ3n) is 4.13. The Kier molecular flexibility index (Phi) is 4.82. The van der Waals surface area contributed by atoms with Crippen LogP contribution in [0.5, 0.6) is 0 Å². The van der Waals surface area contributed by atoms with Crippen LogP contribution in [0.4, 0.5) is 5.82 Å². The molecule has 0 N–H and O–H groups in total. The minimum Gasteiger partial charge on any atom is -0.354 e. The van der Waals surface area contributed by atoms with Crippen LogP contribution in [0.1, 0.15) is 23.0 Å². The second kappa shape index (κ2) is 6.84. The lowest BCUT2D eigenvalue weighted by atomic mass is 10.2. The van der Waals surface area contributed by atoms with Gasteiger partial charge in [-0.05, 0) is 20.1 Å². The van der Waals surface area contributed by atoms with Crippen LogP contribution < -0.4 is 4.90 Å². The van der Waals surface area contributed by atoms with Crippen molar-refractivity contribution in [2.24, 2.45) is 0 Å². The van der Waals surface area contributed by atoms with E-state index in [0.717, 1.165) is 55.2 Å². The van der Waals surface area contributed by atoms with Crippen LogP contribution in [0, 0.1) is 20.8 Å². The number of anilines is 1. The first kappa shape index (κ1) is 16.2. The Bertz CT molecular complexity index is 681. The summed E-state index contributed by atoms with van der Waals surface area (Å²) >= 11 is 1.59. The lowest BCUT2D eigenvalue weighted by molar-refractivity contribution is 0.239. The van der Waals surface area contributed by atoms with Gasteiger partial charge < -0.3 is 9.42 Å². The molecule has 0 aromatic carbocycles. The molecule has 0 unspecified atom stereocenters. The van der Waals surface area contributed by atoms with Crippen molar-refractivity contribution >= 4 is 17.6 Å². The lowest BCUT2D eigenvalue weighted by Gasteiger charge is -2.35. The van der Waals surface area contributed by atoms with Gasteiger partial charge in [0.25, 0.3) is 0 Å². The molecule has 2 aromatic rings. The van der Waals surface area contributed by atoms with Gasteiger partial charge in [-0.15, -0.1) is 0 Å². The van der Waals surface area contributed by atoms with Crippen molar-refractivity contribution in [3.63, 3.8) is 0 Å². The summed E-state index contributed by atoms with van der Waals surface area (Å²) in [5, 5.41) is 4.81. The Labute approximate surface area is 140 Å². The summed E-state index contributed by atoms with van der Waals surface area (Å²) in [4.78, 5) is 18.2. The van der Waals surface area contributed by atoms with Crippen molar-refractivity contribution in [1.82, 2.24) is 25.0 Å². The van der Waals surface area contributed by atoms with Crippen molar-refractivity contribution in [3.8, 4) is 0 Å². The SMILES string of the molecule is CSc1nc(C)c(C)c(N2CCN(Cc3noc(C)n3)CC2)n1. The van der Waals surface area contributed by atoms with E-state index in [1.807, 2.05) is 13.2 Å². The Balaban J connectivity index is 1.66. The lowest BCUT2D eigenvalue weighted by Crippen LogP contribution is -2.46. The molecule has 0 atom stereocenters. The van der Waals surface area contributed by atoms with Gasteiger partial charge in [-0.25, -0.2) is 9.97 Å². The largest absolute Gasteiger partial charge is 0.354 e. The maximum atomic E-state index is 5.03. The Morgan fingerprint density at radius 2 is 1.78 bits per heavy atom. The third kappa shape index (κ3) is 3.64. The number of hydrogen-bond donors (Lipinski definition) is 0. The highest BCUT2D eigenvalue weighted by Crippen LogP contribution is 2.24. The molecule has 1 aliphatic heterocycles. The number of aromatic nitrogens is 4. The van der Waals surface area contributed by atoms with Crippen molar-refractivity contribution in [3.05, 3.63) is 23.0 Å². The fourth-order valence-electron chi connectivity index (χ4n) is 2.71. The Hall–Kier alpha value is -1.67. The van der Waals surface area contributed by atoms with Gasteiger partial charge in [0.05, 0.1) is 6.54 Å². The van der Waals surface area contributed by atoms with Gasteiger partial charge in [-0.3, -0.25) is 4.90 Å². The van der Waals surface area contributed by atoms with E-state index in [-0.39, 0.29) is 0 Å². The first-order valence-electron chi connectivity index (χ1n) is 7.72. The molecule has 3 heterocycles. The van der Waals surface area contributed by atoms with Gasteiger partial charge in [0, 0.05) is 44.4 Å². The second-order valence-corrected chi connectivity index (χ2v) is 6.51. The minimum absolute atomic E-state index is 0.621. The number of hydrogen-bond acceptors (Lipinski definition) is 8. The highest BCUT2D eigenvalue weighted by molar-refractivity contribution is 7.98. The van der Waals surface area contributed by atoms with E-state index in [1.165, 1.54) is 5.56 Å². The van der Waals surface area contributed by atoms with Crippen molar-refractivity contribution in [1.29, 1.82) is 0 Å². The van der Waals surface area contributed by atoms with E-state index in [1.54, 1.807) is 11.8 Å². The second-order valence-electron chi connectivity index (χ2n) is 5.74. The van der Waals surface area contributed by atoms with E-state index in [9.17, 15) is 0 Å². The fraction of sp³-hybridized carbons (Fsp3) is 0.600. The van der Waals surface area contributed by atoms with Gasteiger partial charge in [0.15, 0.2) is 11.0 Å². The highest BCUT2D eigenvalue weighted by atomic mass is 32.2. The molecular weight excluding hydrogens is 312 g/mol. The van der Waals surface area contributed by atoms with Gasteiger partial charge in [0.2, 0.25) is 5.89 Å². The molecule has 0 amide bonds. The van der Waals surface area contributed by atoms with E-state index in [2.05, 4.69) is 38.8 Å². The van der Waals surface area contributed by atoms with Crippen molar-refractivity contribution in [2.45, 2.75) is 32.5 Å². The van der Waals surface area contributed by atoms with E-state index < -0.39 is 0 Å². The Morgan fingerprint density at radius 3 is 2.39 bits per heavy atom. The predicted octanol–water partition coefficient (Wildman–Crippen LogP) is 1.83. The molecule has 0 aliphatic carbocycles. The van der Waals surface area contributed by atoms with Crippen LogP contribution in [-0.2, 0) is 6.54 Å². The molecule has 8 heteroatoms. The molecule has 124 valence electrons. The molecule has 0 radical (unpaired) electrons. The maximum Gasteiger partial charge on any atom is 0.223 e. The quantitative estimate of drug-likeness (QED) is 0.619. The number of piperazine rings is 1. The van der Waals surface area contributed by atoms with E-state index in [0.29, 0.717) is 5.89 Å². The molecular formula is C15H22N6OS. The maximum absolute atomic E-state index is 5.03. The van der Waals surface area contributed by atoms with E-state index in [4.69, 9.17) is 9.51 Å². The predicted molar refractivity (Wildman–Crippen MR) is 89.8 cm³/mol. The van der Waals surface area contributed by atoms with Crippen LogP contribution in [-0.4, -0.2) is 57.4 Å². The molecule has 1 aliphatic rings. The third-order valence-corrected chi connectivity index (χ3v) is 4.68. The standard InChI is InChI=1S/C15H22N6OS/c1-10-11(2)16-15(23-4)18-14(10)21-7-5-20(6-8-21)9-13-17-12(3)22-19-13/h5-9H2,1-4H3. The van der Waals surface area contributed by atoms with Crippen LogP contribution in [0.2, 0.25) is 0 Å². The minimum atomic E-state index is 0.621. The number of aryl methyl sites for hydroxylation is 2. The zero-order valence-corrected chi connectivity index (χ0v) is 14.9. The number of thioether (sulfide) groups is 1.